The topological polar surface area (TPSA) is 49.4 Å². The highest BCUT2D eigenvalue weighted by molar-refractivity contribution is 7.80. The summed E-state index contributed by atoms with van der Waals surface area (Å²) >= 11 is 11.8. The molecule has 6 heteroatoms. The highest BCUT2D eigenvalue weighted by Gasteiger charge is 2.38. The van der Waals surface area contributed by atoms with Crippen LogP contribution in [0.2, 0.25) is 5.02 Å². The van der Waals surface area contributed by atoms with Gasteiger partial charge in [0.15, 0.2) is 0 Å². The molecular formula is C25H25ClN2O2S. The number of halogens is 1. The van der Waals surface area contributed by atoms with E-state index in [-0.39, 0.29) is 11.8 Å². The number of carbonyl (C=O) groups is 2. The number of thiocarbonyl (C=S) groups is 1. The lowest BCUT2D eigenvalue weighted by molar-refractivity contribution is -0.126. The van der Waals surface area contributed by atoms with Crippen molar-refractivity contribution in [1.29, 1.82) is 0 Å². The first-order valence-corrected chi connectivity index (χ1v) is 11.3. The summed E-state index contributed by atoms with van der Waals surface area (Å²) in [7, 11) is 0. The summed E-state index contributed by atoms with van der Waals surface area (Å²) in [5.74, 6) is -0.208. The first-order valence-electron chi connectivity index (χ1n) is 10.5. The lowest BCUT2D eigenvalue weighted by Gasteiger charge is -2.30. The van der Waals surface area contributed by atoms with Crippen LogP contribution >= 0.6 is 23.8 Å². The molecule has 1 N–H and O–H groups in total. The van der Waals surface area contributed by atoms with Crippen LogP contribution in [0.15, 0.2) is 48.7 Å². The Morgan fingerprint density at radius 3 is 2.74 bits per heavy atom. The molecular weight excluding hydrogens is 428 g/mol. The van der Waals surface area contributed by atoms with Gasteiger partial charge >= 0.3 is 0 Å². The van der Waals surface area contributed by atoms with Gasteiger partial charge in [-0.3, -0.25) is 9.59 Å². The van der Waals surface area contributed by atoms with Crippen LogP contribution in [0.4, 0.5) is 0 Å². The fourth-order valence-electron chi connectivity index (χ4n) is 4.21. The number of carbonyl (C=O) groups excluding carboxylic acids is 2. The molecule has 2 aliphatic rings. The summed E-state index contributed by atoms with van der Waals surface area (Å²) in [5.41, 5.74) is 5.74. The zero-order valence-corrected chi connectivity index (χ0v) is 19.1. The second-order valence-electron chi connectivity index (χ2n) is 8.37. The molecule has 0 aliphatic carbocycles. The van der Waals surface area contributed by atoms with Crippen molar-refractivity contribution in [2.45, 2.75) is 51.6 Å². The Hall–Kier alpha value is -2.50. The highest BCUT2D eigenvalue weighted by Crippen LogP contribution is 2.29. The van der Waals surface area contributed by atoms with Crippen molar-refractivity contribution < 1.29 is 9.59 Å². The monoisotopic (exact) mass is 452 g/mol. The van der Waals surface area contributed by atoms with Gasteiger partial charge in [-0.25, -0.2) is 0 Å². The molecule has 2 aromatic carbocycles. The van der Waals surface area contributed by atoms with E-state index in [0.29, 0.717) is 24.9 Å². The van der Waals surface area contributed by atoms with Crippen LogP contribution in [0.3, 0.4) is 0 Å². The molecule has 2 amide bonds. The molecule has 2 heterocycles. The SMILES string of the molecule is C=C1CCC(N2Cc3cc(CCC(=S)Cc4ccc(C)c(Cl)c4)ccc3C2=O)C(=O)N1. The molecule has 2 aliphatic heterocycles. The molecule has 4 nitrogen and oxygen atoms in total. The standard InChI is InChI=1S/C25H25ClN2O2S/c1-15-3-5-18(13-22(15)26)12-20(31)8-6-17-7-9-21-19(11-17)14-28(25(21)30)23-10-4-16(2)27-24(23)29/h3,5,7,9,11,13,23H,2,4,6,8,10,12,14H2,1H3,(H,27,29). The zero-order valence-electron chi connectivity index (χ0n) is 17.5. The molecule has 0 radical (unpaired) electrons. The zero-order chi connectivity index (χ0) is 22.1. The number of nitrogens with one attached hydrogen (secondary N) is 1. The second kappa shape index (κ2) is 8.93. The van der Waals surface area contributed by atoms with Gasteiger partial charge in [-0.1, -0.05) is 54.7 Å². The predicted octanol–water partition coefficient (Wildman–Crippen LogP) is 4.94. The van der Waals surface area contributed by atoms with E-state index in [2.05, 4.69) is 24.0 Å². The third-order valence-electron chi connectivity index (χ3n) is 6.03. The van der Waals surface area contributed by atoms with Gasteiger partial charge in [-0.2, -0.15) is 0 Å². The molecule has 0 spiro atoms. The number of nitrogens with zero attached hydrogens (tertiary/aromatic N) is 1. The Morgan fingerprint density at radius 2 is 2.00 bits per heavy atom. The predicted molar refractivity (Wildman–Crippen MR) is 127 cm³/mol. The molecule has 0 aromatic heterocycles. The molecule has 0 saturated carbocycles. The van der Waals surface area contributed by atoms with Crippen molar-refractivity contribution >= 4 is 40.5 Å². The summed E-state index contributed by atoms with van der Waals surface area (Å²) in [5, 5.41) is 3.54. The summed E-state index contributed by atoms with van der Waals surface area (Å²) in [6.07, 6.45) is 3.67. The minimum absolute atomic E-state index is 0.0685. The number of allylic oxidation sites excluding steroid dienone is 1. The Morgan fingerprint density at radius 1 is 1.23 bits per heavy atom. The van der Waals surface area contributed by atoms with Crippen LogP contribution in [0.5, 0.6) is 0 Å². The van der Waals surface area contributed by atoms with E-state index in [9.17, 15) is 9.59 Å². The van der Waals surface area contributed by atoms with Gasteiger partial charge in [0, 0.05) is 29.2 Å². The molecule has 4 rings (SSSR count). The molecule has 160 valence electrons. The molecule has 2 aromatic rings. The quantitative estimate of drug-likeness (QED) is 0.631. The Bertz CT molecular complexity index is 1090. The molecule has 0 bridgehead atoms. The van der Waals surface area contributed by atoms with Gasteiger partial charge in [0.2, 0.25) is 5.91 Å². The van der Waals surface area contributed by atoms with Gasteiger partial charge in [-0.05, 0) is 71.9 Å². The lowest BCUT2D eigenvalue weighted by atomic mass is 10.00. The maximum Gasteiger partial charge on any atom is 0.255 e. The average molecular weight is 453 g/mol. The van der Waals surface area contributed by atoms with Crippen molar-refractivity contribution in [2.75, 3.05) is 0 Å². The maximum atomic E-state index is 12.8. The third-order valence-corrected chi connectivity index (χ3v) is 6.79. The Kier molecular flexibility index (Phi) is 6.26. The van der Waals surface area contributed by atoms with E-state index in [1.54, 1.807) is 4.90 Å². The fourth-order valence-corrected chi connectivity index (χ4v) is 4.68. The lowest BCUT2D eigenvalue weighted by Crippen LogP contribution is -2.49. The summed E-state index contributed by atoms with van der Waals surface area (Å²) in [6, 6.07) is 11.6. The molecule has 1 saturated heterocycles. The average Bonchev–Trinajstić information content (AvgIpc) is 3.05. The van der Waals surface area contributed by atoms with Crippen LogP contribution in [0.1, 0.15) is 51.9 Å². The van der Waals surface area contributed by atoms with Crippen molar-refractivity contribution in [3.8, 4) is 0 Å². The maximum absolute atomic E-state index is 12.8. The second-order valence-corrected chi connectivity index (χ2v) is 9.36. The molecule has 1 fully saturated rings. The van der Waals surface area contributed by atoms with Crippen molar-refractivity contribution in [3.05, 3.63) is 81.5 Å². The van der Waals surface area contributed by atoms with Gasteiger partial charge < -0.3 is 10.2 Å². The van der Waals surface area contributed by atoms with Crippen LogP contribution in [-0.2, 0) is 24.2 Å². The van der Waals surface area contributed by atoms with Crippen LogP contribution < -0.4 is 5.32 Å². The van der Waals surface area contributed by atoms with E-state index >= 15 is 0 Å². The summed E-state index contributed by atoms with van der Waals surface area (Å²) in [4.78, 5) is 27.8. The van der Waals surface area contributed by atoms with E-state index < -0.39 is 6.04 Å². The number of amides is 2. The van der Waals surface area contributed by atoms with E-state index in [4.69, 9.17) is 23.8 Å². The van der Waals surface area contributed by atoms with Crippen LogP contribution in [-0.4, -0.2) is 27.6 Å². The number of rotatable bonds is 6. The van der Waals surface area contributed by atoms with Crippen molar-refractivity contribution in [3.63, 3.8) is 0 Å². The largest absolute Gasteiger partial charge is 0.329 e. The number of piperidine rings is 1. The highest BCUT2D eigenvalue weighted by atomic mass is 35.5. The van der Waals surface area contributed by atoms with Gasteiger partial charge in [0.1, 0.15) is 6.04 Å². The van der Waals surface area contributed by atoms with Crippen LogP contribution in [0.25, 0.3) is 0 Å². The number of aryl methyl sites for hydroxylation is 2. The third kappa shape index (κ3) is 4.73. The van der Waals surface area contributed by atoms with Gasteiger partial charge in [0.05, 0.1) is 0 Å². The summed E-state index contributed by atoms with van der Waals surface area (Å²) < 4.78 is 0. The Labute approximate surface area is 193 Å². The number of hydrogen-bond acceptors (Lipinski definition) is 3. The van der Waals surface area contributed by atoms with Crippen molar-refractivity contribution in [1.82, 2.24) is 10.2 Å². The first-order chi connectivity index (χ1) is 14.8. The van der Waals surface area contributed by atoms with Crippen molar-refractivity contribution in [2.24, 2.45) is 0 Å². The number of hydrogen-bond donors (Lipinski definition) is 1. The van der Waals surface area contributed by atoms with Crippen LogP contribution in [0, 0.1) is 6.92 Å². The molecule has 31 heavy (non-hydrogen) atoms. The van der Waals surface area contributed by atoms with Gasteiger partial charge in [-0.15, -0.1) is 0 Å². The fraction of sp³-hybridized carbons (Fsp3) is 0.320. The number of fused-ring (bicyclic) bond motifs is 1. The molecule has 1 unspecified atom stereocenters. The molecule has 1 atom stereocenters. The summed E-state index contributed by atoms with van der Waals surface area (Å²) in [6.45, 7) is 6.27. The van der Waals surface area contributed by atoms with E-state index in [1.807, 2.05) is 31.2 Å². The van der Waals surface area contributed by atoms with E-state index in [0.717, 1.165) is 57.1 Å². The Balaban J connectivity index is 1.38. The number of benzene rings is 2. The first kappa shape index (κ1) is 21.7. The minimum atomic E-state index is -0.428. The smallest absolute Gasteiger partial charge is 0.255 e. The van der Waals surface area contributed by atoms with E-state index in [1.165, 1.54) is 0 Å². The minimum Gasteiger partial charge on any atom is -0.329 e. The van der Waals surface area contributed by atoms with Gasteiger partial charge in [0.25, 0.3) is 5.91 Å². The normalized spacial score (nSPS) is 18.2.